The summed E-state index contributed by atoms with van der Waals surface area (Å²) in [5.41, 5.74) is 2.32. The Labute approximate surface area is 153 Å². The van der Waals surface area contributed by atoms with Crippen molar-refractivity contribution in [1.29, 1.82) is 0 Å². The standard InChI is InChI=1S/C20H25N3O3/c1-14(9-10-16-7-5-4-6-8-16)21-20(25)23-18-13-17(22-15(2)24)11-12-19(18)26-3/h4-8,11-14H,9-10H2,1-3H3,(H,22,24)(H2,21,23,25)/t14-/m1/s1. The molecule has 0 heterocycles. The van der Waals surface area contributed by atoms with Gasteiger partial charge >= 0.3 is 6.03 Å². The Bertz CT molecular complexity index is 747. The molecule has 0 aromatic heterocycles. The van der Waals surface area contributed by atoms with Crippen LogP contribution in [0.1, 0.15) is 25.8 Å². The SMILES string of the molecule is COc1ccc(NC(C)=O)cc1NC(=O)N[C@H](C)CCc1ccccc1. The minimum atomic E-state index is -0.316. The molecule has 0 aliphatic carbocycles. The number of carbonyl (C=O) groups is 2. The Balaban J connectivity index is 1.92. The van der Waals surface area contributed by atoms with E-state index in [1.807, 2.05) is 25.1 Å². The predicted molar refractivity (Wildman–Crippen MR) is 104 cm³/mol. The van der Waals surface area contributed by atoms with Crippen LogP contribution >= 0.6 is 0 Å². The monoisotopic (exact) mass is 355 g/mol. The van der Waals surface area contributed by atoms with E-state index >= 15 is 0 Å². The molecule has 2 rings (SSSR count). The Morgan fingerprint density at radius 2 is 1.81 bits per heavy atom. The number of anilines is 2. The van der Waals surface area contributed by atoms with Gasteiger partial charge in [-0.2, -0.15) is 0 Å². The van der Waals surface area contributed by atoms with Crippen molar-refractivity contribution in [1.82, 2.24) is 5.32 Å². The second-order valence-electron chi connectivity index (χ2n) is 6.12. The van der Waals surface area contributed by atoms with Crippen LogP contribution in [0.15, 0.2) is 48.5 Å². The first kappa shape index (κ1) is 19.3. The Morgan fingerprint density at radius 3 is 2.46 bits per heavy atom. The molecule has 2 aromatic carbocycles. The highest BCUT2D eigenvalue weighted by molar-refractivity contribution is 5.94. The third kappa shape index (κ3) is 6.12. The second-order valence-corrected chi connectivity index (χ2v) is 6.12. The third-order valence-electron chi connectivity index (χ3n) is 3.85. The van der Waals surface area contributed by atoms with Gasteiger partial charge < -0.3 is 20.7 Å². The smallest absolute Gasteiger partial charge is 0.319 e. The largest absolute Gasteiger partial charge is 0.495 e. The Kier molecular flexibility index (Phi) is 7.02. The molecule has 0 spiro atoms. The van der Waals surface area contributed by atoms with Gasteiger partial charge in [-0.05, 0) is 43.5 Å². The normalized spacial score (nSPS) is 11.3. The zero-order valence-corrected chi connectivity index (χ0v) is 15.3. The summed E-state index contributed by atoms with van der Waals surface area (Å²) in [6.45, 7) is 3.39. The Hall–Kier alpha value is -3.02. The van der Waals surface area contributed by atoms with Gasteiger partial charge in [0, 0.05) is 18.7 Å². The van der Waals surface area contributed by atoms with Gasteiger partial charge in [0.2, 0.25) is 5.91 Å². The number of hydrogen-bond acceptors (Lipinski definition) is 3. The minimum Gasteiger partial charge on any atom is -0.495 e. The summed E-state index contributed by atoms with van der Waals surface area (Å²) in [6.07, 6.45) is 1.73. The van der Waals surface area contributed by atoms with Crippen LogP contribution in [0.4, 0.5) is 16.2 Å². The predicted octanol–water partition coefficient (Wildman–Crippen LogP) is 3.80. The van der Waals surface area contributed by atoms with E-state index in [1.54, 1.807) is 18.2 Å². The van der Waals surface area contributed by atoms with E-state index in [1.165, 1.54) is 19.6 Å². The summed E-state index contributed by atoms with van der Waals surface area (Å²) in [6, 6.07) is 14.9. The average molecular weight is 355 g/mol. The first-order chi connectivity index (χ1) is 12.5. The van der Waals surface area contributed by atoms with Gasteiger partial charge in [0.1, 0.15) is 5.75 Å². The molecule has 0 radical (unpaired) electrons. The number of benzene rings is 2. The van der Waals surface area contributed by atoms with Crippen molar-refractivity contribution >= 4 is 23.3 Å². The quantitative estimate of drug-likeness (QED) is 0.707. The number of carbonyl (C=O) groups excluding carboxylic acids is 2. The van der Waals surface area contributed by atoms with Crippen LogP contribution in [0, 0.1) is 0 Å². The molecule has 6 nitrogen and oxygen atoms in total. The number of nitrogens with one attached hydrogen (secondary N) is 3. The van der Waals surface area contributed by atoms with Gasteiger partial charge in [-0.1, -0.05) is 30.3 Å². The van der Waals surface area contributed by atoms with Gasteiger partial charge in [-0.15, -0.1) is 0 Å². The van der Waals surface area contributed by atoms with E-state index in [4.69, 9.17) is 4.74 Å². The van der Waals surface area contributed by atoms with E-state index in [2.05, 4.69) is 28.1 Å². The highest BCUT2D eigenvalue weighted by Gasteiger charge is 2.11. The van der Waals surface area contributed by atoms with Gasteiger partial charge in [-0.25, -0.2) is 4.79 Å². The number of amides is 3. The molecule has 0 bridgehead atoms. The lowest BCUT2D eigenvalue weighted by Crippen LogP contribution is -2.36. The maximum atomic E-state index is 12.3. The maximum Gasteiger partial charge on any atom is 0.319 e. The molecule has 0 fully saturated rings. The third-order valence-corrected chi connectivity index (χ3v) is 3.85. The number of ether oxygens (including phenoxy) is 1. The highest BCUT2D eigenvalue weighted by Crippen LogP contribution is 2.27. The minimum absolute atomic E-state index is 0.0136. The fraction of sp³-hybridized carbons (Fsp3) is 0.300. The summed E-state index contributed by atoms with van der Waals surface area (Å²) in [4.78, 5) is 23.5. The lowest BCUT2D eigenvalue weighted by atomic mass is 10.1. The zero-order valence-electron chi connectivity index (χ0n) is 15.3. The van der Waals surface area contributed by atoms with E-state index < -0.39 is 0 Å². The molecule has 0 unspecified atom stereocenters. The first-order valence-corrected chi connectivity index (χ1v) is 8.55. The van der Waals surface area contributed by atoms with Crippen LogP contribution in [0.2, 0.25) is 0 Å². The topological polar surface area (TPSA) is 79.5 Å². The van der Waals surface area contributed by atoms with Crippen molar-refractivity contribution in [3.8, 4) is 5.75 Å². The highest BCUT2D eigenvalue weighted by atomic mass is 16.5. The van der Waals surface area contributed by atoms with E-state index in [-0.39, 0.29) is 18.0 Å². The average Bonchev–Trinajstić information content (AvgIpc) is 2.60. The van der Waals surface area contributed by atoms with Crippen LogP contribution in [-0.4, -0.2) is 25.1 Å². The summed E-state index contributed by atoms with van der Waals surface area (Å²) in [5.74, 6) is 0.339. The van der Waals surface area contributed by atoms with Crippen LogP contribution < -0.4 is 20.7 Å². The van der Waals surface area contributed by atoms with Gasteiger partial charge in [0.05, 0.1) is 12.8 Å². The molecule has 3 amide bonds. The summed E-state index contributed by atoms with van der Waals surface area (Å²) < 4.78 is 5.26. The number of urea groups is 1. The fourth-order valence-corrected chi connectivity index (χ4v) is 2.57. The molecule has 26 heavy (non-hydrogen) atoms. The molecular formula is C20H25N3O3. The molecule has 1 atom stereocenters. The van der Waals surface area contributed by atoms with Crippen LogP contribution in [0.3, 0.4) is 0 Å². The number of aryl methyl sites for hydroxylation is 1. The van der Waals surface area contributed by atoms with Crippen molar-refractivity contribution in [3.05, 3.63) is 54.1 Å². The van der Waals surface area contributed by atoms with Crippen LogP contribution in [0.5, 0.6) is 5.75 Å². The van der Waals surface area contributed by atoms with Gasteiger partial charge in [0.25, 0.3) is 0 Å². The molecule has 2 aromatic rings. The number of rotatable bonds is 7. The Morgan fingerprint density at radius 1 is 1.08 bits per heavy atom. The van der Waals surface area contributed by atoms with Crippen molar-refractivity contribution in [2.75, 3.05) is 17.7 Å². The van der Waals surface area contributed by atoms with Crippen molar-refractivity contribution in [2.45, 2.75) is 32.7 Å². The van der Waals surface area contributed by atoms with Crippen LogP contribution in [-0.2, 0) is 11.2 Å². The van der Waals surface area contributed by atoms with Crippen LogP contribution in [0.25, 0.3) is 0 Å². The summed E-state index contributed by atoms with van der Waals surface area (Å²) in [5, 5.41) is 8.38. The molecule has 0 saturated heterocycles. The van der Waals surface area contributed by atoms with Gasteiger partial charge in [0.15, 0.2) is 0 Å². The van der Waals surface area contributed by atoms with E-state index in [0.717, 1.165) is 12.8 Å². The van der Waals surface area contributed by atoms with E-state index in [9.17, 15) is 9.59 Å². The lowest BCUT2D eigenvalue weighted by Gasteiger charge is -2.16. The molecule has 0 aliphatic heterocycles. The number of hydrogen-bond donors (Lipinski definition) is 3. The summed E-state index contributed by atoms with van der Waals surface area (Å²) in [7, 11) is 1.53. The molecule has 3 N–H and O–H groups in total. The molecule has 0 aliphatic rings. The first-order valence-electron chi connectivity index (χ1n) is 8.55. The van der Waals surface area contributed by atoms with E-state index in [0.29, 0.717) is 17.1 Å². The zero-order chi connectivity index (χ0) is 18.9. The second kappa shape index (κ2) is 9.46. The van der Waals surface area contributed by atoms with Crippen molar-refractivity contribution in [3.63, 3.8) is 0 Å². The molecule has 6 heteroatoms. The van der Waals surface area contributed by atoms with Crippen molar-refractivity contribution in [2.24, 2.45) is 0 Å². The number of methoxy groups -OCH3 is 1. The fourth-order valence-electron chi connectivity index (χ4n) is 2.57. The molecule has 0 saturated carbocycles. The lowest BCUT2D eigenvalue weighted by molar-refractivity contribution is -0.114. The summed E-state index contributed by atoms with van der Waals surface area (Å²) >= 11 is 0. The molecular weight excluding hydrogens is 330 g/mol. The van der Waals surface area contributed by atoms with Crippen molar-refractivity contribution < 1.29 is 14.3 Å². The van der Waals surface area contributed by atoms with Gasteiger partial charge in [-0.3, -0.25) is 4.79 Å². The maximum absolute atomic E-state index is 12.3. The molecule has 138 valence electrons.